The van der Waals surface area contributed by atoms with Crippen LogP contribution < -0.4 is 5.32 Å². The fourth-order valence-electron chi connectivity index (χ4n) is 1.27. The summed E-state index contributed by atoms with van der Waals surface area (Å²) >= 11 is 0. The lowest BCUT2D eigenvalue weighted by atomic mass is 10.4. The highest BCUT2D eigenvalue weighted by Gasteiger charge is 2.08. The third-order valence-electron chi connectivity index (χ3n) is 1.95. The van der Waals surface area contributed by atoms with Crippen LogP contribution in [0.4, 0.5) is 5.82 Å². The number of methoxy groups -OCH3 is 1. The maximum atomic E-state index is 5.04. The van der Waals surface area contributed by atoms with Gasteiger partial charge in [-0.15, -0.1) is 0 Å². The zero-order valence-electron chi connectivity index (χ0n) is 9.06. The molecule has 0 amide bonds. The SMILES string of the molecule is CNc1cc(COC)nc(-c2ncn[nH]2)n1. The Hall–Kier alpha value is -2.02. The van der Waals surface area contributed by atoms with E-state index < -0.39 is 0 Å². The average Bonchev–Trinajstić information content (AvgIpc) is 2.82. The van der Waals surface area contributed by atoms with E-state index >= 15 is 0 Å². The molecule has 0 aliphatic heterocycles. The van der Waals surface area contributed by atoms with Crippen molar-refractivity contribution in [1.82, 2.24) is 25.1 Å². The zero-order chi connectivity index (χ0) is 11.4. The highest BCUT2D eigenvalue weighted by atomic mass is 16.5. The normalized spacial score (nSPS) is 10.4. The van der Waals surface area contributed by atoms with Crippen molar-refractivity contribution in [3.63, 3.8) is 0 Å². The summed E-state index contributed by atoms with van der Waals surface area (Å²) in [5.41, 5.74) is 0.785. The van der Waals surface area contributed by atoms with Crippen LogP contribution in [0.15, 0.2) is 12.4 Å². The standard InChI is InChI=1S/C9H12N6O/c1-10-7-3-6(4-16-2)13-9(14-7)8-11-5-12-15-8/h3,5H,4H2,1-2H3,(H,10,13,14)(H,11,12,15). The molecule has 0 saturated heterocycles. The monoisotopic (exact) mass is 220 g/mol. The largest absolute Gasteiger partial charge is 0.378 e. The first kappa shape index (κ1) is 10.5. The maximum Gasteiger partial charge on any atom is 0.199 e. The van der Waals surface area contributed by atoms with Crippen LogP contribution in [0.25, 0.3) is 11.6 Å². The Bertz CT molecular complexity index is 455. The molecule has 2 N–H and O–H groups in total. The van der Waals surface area contributed by atoms with Gasteiger partial charge in [0, 0.05) is 20.2 Å². The van der Waals surface area contributed by atoms with Gasteiger partial charge in [0.1, 0.15) is 12.1 Å². The first-order valence-electron chi connectivity index (χ1n) is 4.74. The summed E-state index contributed by atoms with van der Waals surface area (Å²) in [7, 11) is 3.42. The lowest BCUT2D eigenvalue weighted by molar-refractivity contribution is 0.181. The smallest absolute Gasteiger partial charge is 0.199 e. The Morgan fingerprint density at radius 3 is 2.94 bits per heavy atom. The van der Waals surface area contributed by atoms with E-state index in [2.05, 4.69) is 30.5 Å². The van der Waals surface area contributed by atoms with E-state index in [1.165, 1.54) is 6.33 Å². The molecule has 0 saturated carbocycles. The highest BCUT2D eigenvalue weighted by molar-refractivity contribution is 5.48. The molecular weight excluding hydrogens is 208 g/mol. The second-order valence-electron chi connectivity index (χ2n) is 3.09. The van der Waals surface area contributed by atoms with E-state index in [9.17, 15) is 0 Å². The third kappa shape index (κ3) is 2.14. The van der Waals surface area contributed by atoms with E-state index in [0.717, 1.165) is 5.69 Å². The van der Waals surface area contributed by atoms with Gasteiger partial charge in [-0.2, -0.15) is 5.10 Å². The minimum atomic E-state index is 0.429. The van der Waals surface area contributed by atoms with Gasteiger partial charge in [-0.25, -0.2) is 15.0 Å². The minimum absolute atomic E-state index is 0.429. The summed E-state index contributed by atoms with van der Waals surface area (Å²) in [6, 6.07) is 1.82. The summed E-state index contributed by atoms with van der Waals surface area (Å²) in [6.07, 6.45) is 1.42. The average molecular weight is 220 g/mol. The fourth-order valence-corrected chi connectivity index (χ4v) is 1.27. The van der Waals surface area contributed by atoms with E-state index in [4.69, 9.17) is 4.74 Å². The molecule has 16 heavy (non-hydrogen) atoms. The van der Waals surface area contributed by atoms with Crippen LogP contribution in [-0.2, 0) is 11.3 Å². The molecule has 2 aromatic rings. The molecule has 0 aliphatic rings. The predicted molar refractivity (Wildman–Crippen MR) is 57.7 cm³/mol. The molecule has 2 rings (SSSR count). The number of hydrogen-bond donors (Lipinski definition) is 2. The van der Waals surface area contributed by atoms with Crippen molar-refractivity contribution in [2.75, 3.05) is 19.5 Å². The Morgan fingerprint density at radius 2 is 2.31 bits per heavy atom. The molecule has 0 aromatic carbocycles. The van der Waals surface area contributed by atoms with Gasteiger partial charge in [-0.3, -0.25) is 5.10 Å². The number of aromatic amines is 1. The number of H-pyrrole nitrogens is 1. The molecule has 0 atom stereocenters. The second-order valence-corrected chi connectivity index (χ2v) is 3.09. The van der Waals surface area contributed by atoms with Crippen molar-refractivity contribution in [2.45, 2.75) is 6.61 Å². The number of ether oxygens (including phenoxy) is 1. The number of hydrogen-bond acceptors (Lipinski definition) is 6. The van der Waals surface area contributed by atoms with Crippen molar-refractivity contribution in [1.29, 1.82) is 0 Å². The second kappa shape index (κ2) is 4.67. The van der Waals surface area contributed by atoms with Gasteiger partial charge in [-0.1, -0.05) is 0 Å². The maximum absolute atomic E-state index is 5.04. The van der Waals surface area contributed by atoms with Crippen molar-refractivity contribution >= 4 is 5.82 Å². The molecule has 84 valence electrons. The Labute approximate surface area is 92.3 Å². The van der Waals surface area contributed by atoms with E-state index in [-0.39, 0.29) is 0 Å². The first-order valence-corrected chi connectivity index (χ1v) is 4.74. The molecule has 0 radical (unpaired) electrons. The zero-order valence-corrected chi connectivity index (χ0v) is 9.06. The van der Waals surface area contributed by atoms with Gasteiger partial charge in [0.2, 0.25) is 0 Å². The Morgan fingerprint density at radius 1 is 1.44 bits per heavy atom. The summed E-state index contributed by atoms with van der Waals surface area (Å²) in [4.78, 5) is 12.6. The summed E-state index contributed by atoms with van der Waals surface area (Å²) < 4.78 is 5.04. The van der Waals surface area contributed by atoms with Crippen molar-refractivity contribution in [2.24, 2.45) is 0 Å². The number of aromatic nitrogens is 5. The molecule has 0 fully saturated rings. The lowest BCUT2D eigenvalue weighted by Crippen LogP contribution is -2.02. The predicted octanol–water partition coefficient (Wildman–Crippen LogP) is 0.450. The van der Waals surface area contributed by atoms with Crippen LogP contribution in [0.2, 0.25) is 0 Å². The number of nitrogens with one attached hydrogen (secondary N) is 2. The van der Waals surface area contributed by atoms with Gasteiger partial charge in [0.05, 0.1) is 12.3 Å². The molecule has 0 aliphatic carbocycles. The van der Waals surface area contributed by atoms with Crippen molar-refractivity contribution in [3.8, 4) is 11.6 Å². The summed E-state index contributed by atoms with van der Waals surface area (Å²) in [5.74, 6) is 1.75. The molecular formula is C9H12N6O. The molecule has 0 spiro atoms. The molecule has 2 heterocycles. The molecule has 0 unspecified atom stereocenters. The lowest BCUT2D eigenvalue weighted by Gasteiger charge is -2.05. The molecule has 2 aromatic heterocycles. The van der Waals surface area contributed by atoms with Crippen LogP contribution in [-0.4, -0.2) is 39.3 Å². The Balaban J connectivity index is 2.41. The van der Waals surface area contributed by atoms with E-state index in [1.54, 1.807) is 14.2 Å². The van der Waals surface area contributed by atoms with Gasteiger partial charge < -0.3 is 10.1 Å². The number of nitrogens with zero attached hydrogens (tertiary/aromatic N) is 4. The van der Waals surface area contributed by atoms with Gasteiger partial charge in [-0.05, 0) is 0 Å². The molecule has 7 heteroatoms. The topological polar surface area (TPSA) is 88.6 Å². The summed E-state index contributed by atoms with van der Waals surface area (Å²) in [5, 5.41) is 9.44. The van der Waals surface area contributed by atoms with Crippen LogP contribution in [0.1, 0.15) is 5.69 Å². The van der Waals surface area contributed by atoms with E-state index in [1.807, 2.05) is 6.07 Å². The van der Waals surface area contributed by atoms with Gasteiger partial charge in [0.25, 0.3) is 0 Å². The number of anilines is 1. The van der Waals surface area contributed by atoms with Gasteiger partial charge in [0.15, 0.2) is 11.6 Å². The molecule has 0 bridgehead atoms. The summed E-state index contributed by atoms with van der Waals surface area (Å²) in [6.45, 7) is 0.429. The van der Waals surface area contributed by atoms with Crippen LogP contribution >= 0.6 is 0 Å². The Kier molecular flexibility index (Phi) is 3.06. The minimum Gasteiger partial charge on any atom is -0.378 e. The third-order valence-corrected chi connectivity index (χ3v) is 1.95. The van der Waals surface area contributed by atoms with E-state index in [0.29, 0.717) is 24.1 Å². The highest BCUT2D eigenvalue weighted by Crippen LogP contribution is 2.13. The fraction of sp³-hybridized carbons (Fsp3) is 0.333. The van der Waals surface area contributed by atoms with Crippen molar-refractivity contribution < 1.29 is 4.74 Å². The first-order chi connectivity index (χ1) is 7.83. The van der Waals surface area contributed by atoms with Crippen molar-refractivity contribution in [3.05, 3.63) is 18.1 Å². The molecule has 7 nitrogen and oxygen atoms in total. The van der Waals surface area contributed by atoms with Crippen LogP contribution in [0.3, 0.4) is 0 Å². The quantitative estimate of drug-likeness (QED) is 0.777. The number of rotatable bonds is 4. The van der Waals surface area contributed by atoms with Crippen LogP contribution in [0.5, 0.6) is 0 Å². The van der Waals surface area contributed by atoms with Gasteiger partial charge >= 0.3 is 0 Å². The van der Waals surface area contributed by atoms with Crippen LogP contribution in [0, 0.1) is 0 Å².